The summed E-state index contributed by atoms with van der Waals surface area (Å²) in [7, 11) is 0. The van der Waals surface area contributed by atoms with Crippen LogP contribution in [0.25, 0.3) is 78.4 Å². The van der Waals surface area contributed by atoms with Gasteiger partial charge in [0.15, 0.2) is 5.82 Å². The number of rotatable bonds is 5. The van der Waals surface area contributed by atoms with Crippen molar-refractivity contribution in [2.24, 2.45) is 0 Å². The molecule has 0 atom stereocenters. The van der Waals surface area contributed by atoms with Gasteiger partial charge in [-0.3, -0.25) is 4.98 Å². The van der Waals surface area contributed by atoms with Gasteiger partial charge >= 0.3 is 0 Å². The predicted octanol–water partition coefficient (Wildman–Crippen LogP) is 12.6. The first-order valence-corrected chi connectivity index (χ1v) is 18.8. The quantitative estimate of drug-likeness (QED) is 0.179. The van der Waals surface area contributed by atoms with E-state index in [1.165, 1.54) is 55.6 Å². The molecular weight excluding hydrogens is 667 g/mol. The summed E-state index contributed by atoms with van der Waals surface area (Å²) in [5.74, 6) is 0.694. The van der Waals surface area contributed by atoms with Gasteiger partial charge in [0.2, 0.25) is 0 Å². The Balaban J connectivity index is 0.988. The lowest BCUT2D eigenvalue weighted by atomic mass is 9.70. The van der Waals surface area contributed by atoms with Crippen molar-refractivity contribution in [1.29, 1.82) is 0 Å². The van der Waals surface area contributed by atoms with Gasteiger partial charge in [0.1, 0.15) is 0 Å². The Hall–Kier alpha value is -7.23. The number of fused-ring (bicyclic) bond motifs is 10. The van der Waals surface area contributed by atoms with Crippen molar-refractivity contribution in [3.05, 3.63) is 223 Å². The van der Waals surface area contributed by atoms with E-state index in [0.29, 0.717) is 5.82 Å². The van der Waals surface area contributed by atoms with Gasteiger partial charge in [-0.15, -0.1) is 0 Å². The van der Waals surface area contributed by atoms with Crippen LogP contribution in [0.2, 0.25) is 0 Å². The van der Waals surface area contributed by atoms with E-state index < -0.39 is 0 Å². The second-order valence-electron chi connectivity index (χ2n) is 14.4. The van der Waals surface area contributed by atoms with Crippen LogP contribution in [0.5, 0.6) is 0 Å². The van der Waals surface area contributed by atoms with Gasteiger partial charge in [-0.25, -0.2) is 9.97 Å². The average molecular weight is 700 g/mol. The van der Waals surface area contributed by atoms with E-state index in [2.05, 4.69) is 181 Å². The van der Waals surface area contributed by atoms with E-state index in [-0.39, 0.29) is 5.41 Å². The van der Waals surface area contributed by atoms with Gasteiger partial charge in [0.05, 0.1) is 16.8 Å². The monoisotopic (exact) mass is 699 g/mol. The van der Waals surface area contributed by atoms with Crippen LogP contribution in [-0.2, 0) is 5.41 Å². The minimum atomic E-state index is -0.332. The topological polar surface area (TPSA) is 38.7 Å². The van der Waals surface area contributed by atoms with E-state index in [0.717, 1.165) is 39.2 Å². The van der Waals surface area contributed by atoms with Crippen LogP contribution in [-0.4, -0.2) is 15.0 Å². The Labute approximate surface area is 320 Å². The summed E-state index contributed by atoms with van der Waals surface area (Å²) in [6.45, 7) is 0. The molecule has 0 fully saturated rings. The van der Waals surface area contributed by atoms with E-state index in [1.54, 1.807) is 6.20 Å². The first-order chi connectivity index (χ1) is 27.3. The number of aromatic nitrogens is 3. The molecular formula is C52H33N3. The summed E-state index contributed by atoms with van der Waals surface area (Å²) in [4.78, 5) is 14.5. The zero-order valence-corrected chi connectivity index (χ0v) is 29.9. The van der Waals surface area contributed by atoms with Gasteiger partial charge in [-0.05, 0) is 85.0 Å². The van der Waals surface area contributed by atoms with Crippen molar-refractivity contribution >= 4 is 0 Å². The Bertz CT molecular complexity index is 2850. The highest BCUT2D eigenvalue weighted by Gasteiger charge is 2.51. The molecule has 0 unspecified atom stereocenters. The summed E-state index contributed by atoms with van der Waals surface area (Å²) in [6, 6.07) is 67.7. The highest BCUT2D eigenvalue weighted by molar-refractivity contribution is 5.96. The molecule has 3 heteroatoms. The zero-order chi connectivity index (χ0) is 36.3. The Morgan fingerprint density at radius 2 is 0.764 bits per heavy atom. The third kappa shape index (κ3) is 4.87. The Morgan fingerprint density at radius 3 is 1.36 bits per heavy atom. The van der Waals surface area contributed by atoms with E-state index in [4.69, 9.17) is 9.97 Å². The molecule has 1 spiro atoms. The van der Waals surface area contributed by atoms with Crippen molar-refractivity contribution in [2.75, 3.05) is 0 Å². The van der Waals surface area contributed by atoms with E-state index in [1.807, 2.05) is 18.3 Å². The summed E-state index contributed by atoms with van der Waals surface area (Å²) in [5, 5.41) is 0. The second-order valence-corrected chi connectivity index (χ2v) is 14.4. The molecule has 55 heavy (non-hydrogen) atoms. The van der Waals surface area contributed by atoms with Gasteiger partial charge < -0.3 is 0 Å². The van der Waals surface area contributed by atoms with Crippen LogP contribution in [0, 0.1) is 0 Å². The molecule has 2 heterocycles. The largest absolute Gasteiger partial charge is 0.264 e. The molecule has 2 aliphatic carbocycles. The maximum absolute atomic E-state index is 5.13. The summed E-state index contributed by atoms with van der Waals surface area (Å²) in [5.41, 5.74) is 19.7. The molecule has 256 valence electrons. The van der Waals surface area contributed by atoms with Crippen molar-refractivity contribution in [2.45, 2.75) is 5.41 Å². The van der Waals surface area contributed by atoms with Crippen molar-refractivity contribution in [1.82, 2.24) is 15.0 Å². The minimum absolute atomic E-state index is 0.332. The molecule has 7 aromatic carbocycles. The van der Waals surface area contributed by atoms with Crippen LogP contribution in [0.4, 0.5) is 0 Å². The lowest BCUT2D eigenvalue weighted by molar-refractivity contribution is 0.794. The summed E-state index contributed by atoms with van der Waals surface area (Å²) in [6.07, 6.45) is 3.68. The second kappa shape index (κ2) is 12.4. The number of hydrogen-bond acceptors (Lipinski definition) is 3. The molecule has 9 aromatic rings. The summed E-state index contributed by atoms with van der Waals surface area (Å²) >= 11 is 0. The Kier molecular flexibility index (Phi) is 7.08. The van der Waals surface area contributed by atoms with Crippen LogP contribution >= 0.6 is 0 Å². The predicted molar refractivity (Wildman–Crippen MR) is 223 cm³/mol. The average Bonchev–Trinajstić information content (AvgIpc) is 3.74. The molecule has 0 saturated carbocycles. The number of benzene rings is 7. The molecule has 11 rings (SSSR count). The fourth-order valence-electron chi connectivity index (χ4n) is 8.94. The smallest absolute Gasteiger partial charge is 0.160 e. The molecule has 0 radical (unpaired) electrons. The molecule has 0 saturated heterocycles. The van der Waals surface area contributed by atoms with E-state index >= 15 is 0 Å². The third-order valence-electron chi connectivity index (χ3n) is 11.4. The highest BCUT2D eigenvalue weighted by Crippen LogP contribution is 2.62. The van der Waals surface area contributed by atoms with Crippen molar-refractivity contribution in [3.63, 3.8) is 0 Å². The normalized spacial score (nSPS) is 12.9. The first kappa shape index (κ1) is 31.3. The molecule has 0 aliphatic heterocycles. The maximum atomic E-state index is 5.13. The standard InChI is InChI=1S/C52H33N3/c1-2-11-36(12-3-1)49-32-50(55-51(54-49)38-26-22-35(23-27-38)40-13-10-30-53-33-40)37-24-20-34(21-25-37)39-28-29-48-44(31-39)43-16-6-9-19-47(43)52(48)45-17-7-4-14-41(45)42-15-5-8-18-46(42)52/h1-33H. The van der Waals surface area contributed by atoms with Crippen molar-refractivity contribution < 1.29 is 0 Å². The Morgan fingerprint density at radius 1 is 0.309 bits per heavy atom. The van der Waals surface area contributed by atoms with Crippen molar-refractivity contribution in [3.8, 4) is 78.4 Å². The lowest BCUT2D eigenvalue weighted by Gasteiger charge is -2.30. The van der Waals surface area contributed by atoms with Crippen LogP contribution in [0.1, 0.15) is 22.3 Å². The molecule has 0 N–H and O–H groups in total. The first-order valence-electron chi connectivity index (χ1n) is 18.8. The molecule has 3 nitrogen and oxygen atoms in total. The van der Waals surface area contributed by atoms with E-state index in [9.17, 15) is 0 Å². The number of pyridine rings is 1. The molecule has 0 bridgehead atoms. The van der Waals surface area contributed by atoms with Gasteiger partial charge in [-0.1, -0.05) is 170 Å². The van der Waals surface area contributed by atoms with Gasteiger partial charge in [0.25, 0.3) is 0 Å². The highest BCUT2D eigenvalue weighted by atomic mass is 14.9. The van der Waals surface area contributed by atoms with Gasteiger partial charge in [0, 0.05) is 29.1 Å². The zero-order valence-electron chi connectivity index (χ0n) is 29.9. The SMILES string of the molecule is c1ccc(-c2cc(-c3ccc(-c4ccc5c(c4)-c4ccccc4C54c5ccccc5-c5ccccc54)cc3)nc(-c3ccc(-c4cccnc4)cc3)n2)cc1. The third-order valence-corrected chi connectivity index (χ3v) is 11.4. The number of nitrogens with zero attached hydrogens (tertiary/aromatic N) is 3. The van der Waals surface area contributed by atoms with Crippen LogP contribution < -0.4 is 0 Å². The lowest BCUT2D eigenvalue weighted by Crippen LogP contribution is -2.25. The van der Waals surface area contributed by atoms with Gasteiger partial charge in [-0.2, -0.15) is 0 Å². The maximum Gasteiger partial charge on any atom is 0.160 e. The number of hydrogen-bond donors (Lipinski definition) is 0. The fourth-order valence-corrected chi connectivity index (χ4v) is 8.94. The fraction of sp³-hybridized carbons (Fsp3) is 0.0192. The summed E-state index contributed by atoms with van der Waals surface area (Å²) < 4.78 is 0. The molecule has 2 aromatic heterocycles. The molecule has 0 amide bonds. The minimum Gasteiger partial charge on any atom is -0.264 e. The van der Waals surface area contributed by atoms with Crippen LogP contribution in [0.3, 0.4) is 0 Å². The molecule has 2 aliphatic rings. The van der Waals surface area contributed by atoms with Crippen LogP contribution in [0.15, 0.2) is 200 Å².